The van der Waals surface area contributed by atoms with Gasteiger partial charge in [-0.25, -0.2) is 0 Å². The number of ether oxygens (including phenoxy) is 1. The third-order valence-electron chi connectivity index (χ3n) is 5.62. The molecule has 128 valence electrons. The minimum atomic E-state index is 0.247. The summed E-state index contributed by atoms with van der Waals surface area (Å²) in [5.41, 5.74) is 3.22. The average Bonchev–Trinajstić information content (AvgIpc) is 2.95. The molecular weight excluding hydrogens is 282 g/mol. The lowest BCUT2D eigenvalue weighted by Gasteiger charge is -2.39. The minimum Gasteiger partial charge on any atom is -0.373 e. The predicted octanol–water partition coefficient (Wildman–Crippen LogP) is 4.73. The molecule has 2 heteroatoms. The second-order valence-corrected chi connectivity index (χ2v) is 8.75. The first-order valence-corrected chi connectivity index (χ1v) is 9.33. The molecule has 2 fully saturated rings. The zero-order chi connectivity index (χ0) is 16.6. The fourth-order valence-corrected chi connectivity index (χ4v) is 4.36. The van der Waals surface area contributed by atoms with Gasteiger partial charge in [0, 0.05) is 19.1 Å². The lowest BCUT2D eigenvalue weighted by atomic mass is 9.85. The summed E-state index contributed by atoms with van der Waals surface area (Å²) in [4.78, 5) is 2.68. The van der Waals surface area contributed by atoms with E-state index < -0.39 is 0 Å². The normalized spacial score (nSPS) is 33.1. The Kier molecular flexibility index (Phi) is 4.85. The maximum absolute atomic E-state index is 5.89. The van der Waals surface area contributed by atoms with Gasteiger partial charge in [0.1, 0.15) is 0 Å². The highest BCUT2D eigenvalue weighted by Crippen LogP contribution is 2.38. The Morgan fingerprint density at radius 2 is 1.57 bits per heavy atom. The van der Waals surface area contributed by atoms with Crippen molar-refractivity contribution in [3.63, 3.8) is 0 Å². The first-order valence-electron chi connectivity index (χ1n) is 9.33. The first-order chi connectivity index (χ1) is 10.8. The van der Waals surface area contributed by atoms with Crippen LogP contribution in [-0.2, 0) is 10.2 Å². The standard InChI is InChI=1S/C21H33NO/c1-15-13-22(14-16(2)23-15)20-11-8-18(12-20)17-6-9-19(10-7-17)21(3,4)5/h6-7,9-10,15-16,18,20H,8,11-14H2,1-5H3/t15-,16+,18-,20-/m1/s1. The molecule has 1 saturated carbocycles. The molecule has 0 bridgehead atoms. The van der Waals surface area contributed by atoms with E-state index in [2.05, 4.69) is 63.8 Å². The molecule has 23 heavy (non-hydrogen) atoms. The van der Waals surface area contributed by atoms with Gasteiger partial charge in [0.25, 0.3) is 0 Å². The third-order valence-corrected chi connectivity index (χ3v) is 5.62. The van der Waals surface area contributed by atoms with Crippen molar-refractivity contribution in [2.75, 3.05) is 13.1 Å². The molecule has 2 aliphatic rings. The SMILES string of the molecule is C[C@@H]1CN([C@@H]2CC[C@@H](c3ccc(C(C)(C)C)cc3)C2)C[C@H](C)O1. The number of rotatable bonds is 2. The summed E-state index contributed by atoms with van der Waals surface area (Å²) >= 11 is 0. The van der Waals surface area contributed by atoms with Crippen LogP contribution >= 0.6 is 0 Å². The van der Waals surface area contributed by atoms with Crippen molar-refractivity contribution in [2.24, 2.45) is 0 Å². The van der Waals surface area contributed by atoms with E-state index in [1.54, 1.807) is 0 Å². The van der Waals surface area contributed by atoms with Crippen molar-refractivity contribution in [3.8, 4) is 0 Å². The molecule has 3 rings (SSSR count). The molecule has 1 heterocycles. The summed E-state index contributed by atoms with van der Waals surface area (Å²) in [6, 6.07) is 10.2. The van der Waals surface area contributed by atoms with Crippen molar-refractivity contribution < 1.29 is 4.74 Å². The van der Waals surface area contributed by atoms with Crippen molar-refractivity contribution in [2.45, 2.75) is 83.5 Å². The van der Waals surface area contributed by atoms with Gasteiger partial charge in [0.15, 0.2) is 0 Å². The van der Waals surface area contributed by atoms with Crippen molar-refractivity contribution in [3.05, 3.63) is 35.4 Å². The Morgan fingerprint density at radius 1 is 0.957 bits per heavy atom. The number of nitrogens with zero attached hydrogens (tertiary/aromatic N) is 1. The highest BCUT2D eigenvalue weighted by atomic mass is 16.5. The summed E-state index contributed by atoms with van der Waals surface area (Å²) in [6.45, 7) is 13.5. The molecular formula is C21H33NO. The molecule has 1 aliphatic heterocycles. The van der Waals surface area contributed by atoms with Crippen LogP contribution in [0.4, 0.5) is 0 Å². The zero-order valence-electron chi connectivity index (χ0n) is 15.5. The summed E-state index contributed by atoms with van der Waals surface area (Å²) < 4.78 is 5.89. The van der Waals surface area contributed by atoms with Crippen LogP contribution in [0, 0.1) is 0 Å². The van der Waals surface area contributed by atoms with Gasteiger partial charge in [-0.05, 0) is 55.6 Å². The van der Waals surface area contributed by atoms with E-state index >= 15 is 0 Å². The van der Waals surface area contributed by atoms with Crippen LogP contribution in [0.25, 0.3) is 0 Å². The minimum absolute atomic E-state index is 0.247. The van der Waals surface area contributed by atoms with E-state index in [-0.39, 0.29) is 5.41 Å². The van der Waals surface area contributed by atoms with Crippen molar-refractivity contribution in [1.82, 2.24) is 4.90 Å². The molecule has 0 unspecified atom stereocenters. The molecule has 4 atom stereocenters. The number of morpholine rings is 1. The lowest BCUT2D eigenvalue weighted by Crippen LogP contribution is -2.49. The van der Waals surface area contributed by atoms with Gasteiger partial charge in [-0.15, -0.1) is 0 Å². The monoisotopic (exact) mass is 315 g/mol. The Labute approximate surface area is 142 Å². The first kappa shape index (κ1) is 17.0. The van der Waals surface area contributed by atoms with Gasteiger partial charge in [-0.1, -0.05) is 45.0 Å². The van der Waals surface area contributed by atoms with Crippen LogP contribution in [-0.4, -0.2) is 36.2 Å². The van der Waals surface area contributed by atoms with Gasteiger partial charge in [0.2, 0.25) is 0 Å². The Morgan fingerprint density at radius 3 is 2.13 bits per heavy atom. The molecule has 0 aromatic heterocycles. The molecule has 2 nitrogen and oxygen atoms in total. The largest absolute Gasteiger partial charge is 0.373 e. The van der Waals surface area contributed by atoms with E-state index in [1.807, 2.05) is 0 Å². The fourth-order valence-electron chi connectivity index (χ4n) is 4.36. The van der Waals surface area contributed by atoms with Crippen LogP contribution < -0.4 is 0 Å². The van der Waals surface area contributed by atoms with Crippen molar-refractivity contribution >= 4 is 0 Å². The van der Waals surface area contributed by atoms with E-state index in [1.165, 1.54) is 30.4 Å². The van der Waals surface area contributed by atoms with Crippen LogP contribution in [0.1, 0.15) is 70.9 Å². The second-order valence-electron chi connectivity index (χ2n) is 8.75. The van der Waals surface area contributed by atoms with Gasteiger partial charge in [-0.3, -0.25) is 4.90 Å². The molecule has 0 radical (unpaired) electrons. The molecule has 0 amide bonds. The Balaban J connectivity index is 1.63. The topological polar surface area (TPSA) is 12.5 Å². The van der Waals surface area contributed by atoms with E-state index in [4.69, 9.17) is 4.74 Å². The van der Waals surface area contributed by atoms with Gasteiger partial charge >= 0.3 is 0 Å². The summed E-state index contributed by atoms with van der Waals surface area (Å²) in [7, 11) is 0. The van der Waals surface area contributed by atoms with Crippen LogP contribution in [0.3, 0.4) is 0 Å². The molecule has 1 aromatic rings. The van der Waals surface area contributed by atoms with Crippen LogP contribution in [0.5, 0.6) is 0 Å². The zero-order valence-corrected chi connectivity index (χ0v) is 15.5. The third kappa shape index (κ3) is 3.97. The predicted molar refractivity (Wildman–Crippen MR) is 97.1 cm³/mol. The van der Waals surface area contributed by atoms with Crippen LogP contribution in [0.2, 0.25) is 0 Å². The highest BCUT2D eigenvalue weighted by Gasteiger charge is 2.34. The maximum atomic E-state index is 5.89. The molecule has 1 aliphatic carbocycles. The summed E-state index contributed by atoms with van der Waals surface area (Å²) in [5.74, 6) is 0.738. The number of hydrogen-bond donors (Lipinski definition) is 0. The van der Waals surface area contributed by atoms with Gasteiger partial charge in [0.05, 0.1) is 12.2 Å². The highest BCUT2D eigenvalue weighted by molar-refractivity contribution is 5.30. The van der Waals surface area contributed by atoms with Gasteiger partial charge < -0.3 is 4.74 Å². The quantitative estimate of drug-likeness (QED) is 0.782. The van der Waals surface area contributed by atoms with E-state index in [9.17, 15) is 0 Å². The van der Waals surface area contributed by atoms with E-state index in [0.717, 1.165) is 25.0 Å². The summed E-state index contributed by atoms with van der Waals surface area (Å²) in [5, 5.41) is 0. The maximum Gasteiger partial charge on any atom is 0.0678 e. The van der Waals surface area contributed by atoms with Crippen LogP contribution in [0.15, 0.2) is 24.3 Å². The smallest absolute Gasteiger partial charge is 0.0678 e. The molecule has 0 N–H and O–H groups in total. The molecule has 0 spiro atoms. The second kappa shape index (κ2) is 6.57. The number of benzene rings is 1. The van der Waals surface area contributed by atoms with Gasteiger partial charge in [-0.2, -0.15) is 0 Å². The molecule has 1 aromatic carbocycles. The fraction of sp³-hybridized carbons (Fsp3) is 0.714. The number of hydrogen-bond acceptors (Lipinski definition) is 2. The lowest BCUT2D eigenvalue weighted by molar-refractivity contribution is -0.0796. The van der Waals surface area contributed by atoms with Crippen molar-refractivity contribution in [1.29, 1.82) is 0 Å². The summed E-state index contributed by atoms with van der Waals surface area (Å²) in [6.07, 6.45) is 4.74. The Hall–Kier alpha value is -0.860. The van der Waals surface area contributed by atoms with E-state index in [0.29, 0.717) is 12.2 Å². The average molecular weight is 316 g/mol. The Bertz CT molecular complexity index is 506. The molecule has 1 saturated heterocycles.